The van der Waals surface area contributed by atoms with Crippen molar-refractivity contribution in [3.8, 4) is 6.07 Å². The molecule has 0 saturated heterocycles. The van der Waals surface area contributed by atoms with Crippen LogP contribution in [0.25, 0.3) is 0 Å². The molecule has 0 radical (unpaired) electrons. The van der Waals surface area contributed by atoms with Crippen molar-refractivity contribution in [3.63, 3.8) is 0 Å². The zero-order valence-electron chi connectivity index (χ0n) is 13.9. The molecule has 1 aromatic heterocycles. The van der Waals surface area contributed by atoms with E-state index >= 15 is 0 Å². The lowest BCUT2D eigenvalue weighted by atomic mass is 9.98. The summed E-state index contributed by atoms with van der Waals surface area (Å²) >= 11 is 0. The van der Waals surface area contributed by atoms with E-state index in [1.54, 1.807) is 0 Å². The molecule has 3 heteroatoms. The number of hydrogen-bond acceptors (Lipinski definition) is 3. The van der Waals surface area contributed by atoms with Gasteiger partial charge in [-0.05, 0) is 48.3 Å². The van der Waals surface area contributed by atoms with E-state index in [0.29, 0.717) is 12.5 Å². The lowest BCUT2D eigenvalue weighted by molar-refractivity contribution is 0.631. The van der Waals surface area contributed by atoms with Crippen LogP contribution in [0.1, 0.15) is 48.2 Å². The molecule has 0 saturated carbocycles. The maximum atomic E-state index is 9.62. The molecular formula is C20H23N3. The van der Waals surface area contributed by atoms with Crippen LogP contribution in [0.2, 0.25) is 0 Å². The standard InChI is InChI=1S/C20H23N3/c1-14(2)11-19-17-10-6-9-16(17)18(12-21)20(23-19)22-13-15-7-4-3-5-8-15/h3-5,7-8,14H,6,9-11,13H2,1-2H3,(H,22,23). The van der Waals surface area contributed by atoms with E-state index in [9.17, 15) is 5.26 Å². The average Bonchev–Trinajstić information content (AvgIpc) is 3.03. The third-order valence-electron chi connectivity index (χ3n) is 4.37. The lowest BCUT2D eigenvalue weighted by Crippen LogP contribution is -2.10. The van der Waals surface area contributed by atoms with Gasteiger partial charge >= 0.3 is 0 Å². The van der Waals surface area contributed by atoms with Crippen LogP contribution in [0.5, 0.6) is 0 Å². The Morgan fingerprint density at radius 1 is 1.17 bits per heavy atom. The Labute approximate surface area is 138 Å². The molecule has 118 valence electrons. The molecule has 3 rings (SSSR count). The van der Waals surface area contributed by atoms with Gasteiger partial charge in [-0.3, -0.25) is 0 Å². The minimum atomic E-state index is 0.571. The van der Waals surface area contributed by atoms with E-state index in [0.717, 1.165) is 37.1 Å². The summed E-state index contributed by atoms with van der Waals surface area (Å²) in [6.07, 6.45) is 4.19. The molecule has 1 aromatic carbocycles. The molecule has 0 unspecified atom stereocenters. The molecule has 0 fully saturated rings. The zero-order valence-corrected chi connectivity index (χ0v) is 13.9. The van der Waals surface area contributed by atoms with Gasteiger partial charge in [0.15, 0.2) is 0 Å². The molecule has 0 bridgehead atoms. The van der Waals surface area contributed by atoms with E-state index in [1.165, 1.54) is 22.4 Å². The average molecular weight is 305 g/mol. The molecule has 1 N–H and O–H groups in total. The minimum absolute atomic E-state index is 0.571. The molecule has 0 aliphatic heterocycles. The first kappa shape index (κ1) is 15.6. The molecule has 23 heavy (non-hydrogen) atoms. The summed E-state index contributed by atoms with van der Waals surface area (Å²) in [7, 11) is 0. The van der Waals surface area contributed by atoms with Gasteiger partial charge in [0.2, 0.25) is 0 Å². The van der Waals surface area contributed by atoms with Gasteiger partial charge in [-0.2, -0.15) is 5.26 Å². The minimum Gasteiger partial charge on any atom is -0.365 e. The fourth-order valence-corrected chi connectivity index (χ4v) is 3.32. The zero-order chi connectivity index (χ0) is 16.2. The highest BCUT2D eigenvalue weighted by molar-refractivity contribution is 5.61. The number of aromatic nitrogens is 1. The van der Waals surface area contributed by atoms with Crippen molar-refractivity contribution >= 4 is 5.82 Å². The van der Waals surface area contributed by atoms with Gasteiger partial charge in [0.25, 0.3) is 0 Å². The number of hydrogen-bond donors (Lipinski definition) is 1. The van der Waals surface area contributed by atoms with Crippen molar-refractivity contribution in [1.82, 2.24) is 4.98 Å². The number of benzene rings is 1. The summed E-state index contributed by atoms with van der Waals surface area (Å²) in [5.74, 6) is 1.33. The summed E-state index contributed by atoms with van der Waals surface area (Å²) in [5, 5.41) is 13.0. The molecule has 0 spiro atoms. The van der Waals surface area contributed by atoms with E-state index in [-0.39, 0.29) is 0 Å². The number of fused-ring (bicyclic) bond motifs is 1. The first-order valence-corrected chi connectivity index (χ1v) is 8.41. The summed E-state index contributed by atoms with van der Waals surface area (Å²) in [4.78, 5) is 4.84. The van der Waals surface area contributed by atoms with Gasteiger partial charge in [0.1, 0.15) is 11.9 Å². The highest BCUT2D eigenvalue weighted by Gasteiger charge is 2.23. The number of nitrogens with zero attached hydrogens (tertiary/aromatic N) is 2. The quantitative estimate of drug-likeness (QED) is 0.898. The maximum Gasteiger partial charge on any atom is 0.144 e. The van der Waals surface area contributed by atoms with Crippen LogP contribution in [0.4, 0.5) is 5.82 Å². The molecule has 0 amide bonds. The number of nitriles is 1. The van der Waals surface area contributed by atoms with Gasteiger partial charge < -0.3 is 5.32 Å². The number of rotatable bonds is 5. The summed E-state index contributed by atoms with van der Waals surface area (Å²) < 4.78 is 0. The Balaban J connectivity index is 1.93. The van der Waals surface area contributed by atoms with Crippen LogP contribution in [0.3, 0.4) is 0 Å². The lowest BCUT2D eigenvalue weighted by Gasteiger charge is -2.16. The second kappa shape index (κ2) is 6.83. The highest BCUT2D eigenvalue weighted by atomic mass is 15.0. The Morgan fingerprint density at radius 2 is 1.91 bits per heavy atom. The van der Waals surface area contributed by atoms with Crippen LogP contribution < -0.4 is 5.32 Å². The van der Waals surface area contributed by atoms with Crippen LogP contribution in [0.15, 0.2) is 30.3 Å². The normalized spacial score (nSPS) is 13.0. The van der Waals surface area contributed by atoms with Gasteiger partial charge in [0, 0.05) is 12.2 Å². The molecule has 3 nitrogen and oxygen atoms in total. The molecule has 0 atom stereocenters. The predicted octanol–water partition coefficient (Wildman–Crippen LogP) is 4.25. The molecule has 1 aliphatic carbocycles. The summed E-state index contributed by atoms with van der Waals surface area (Å²) in [6, 6.07) is 12.6. The van der Waals surface area contributed by atoms with E-state index in [1.807, 2.05) is 18.2 Å². The molecular weight excluding hydrogens is 282 g/mol. The Bertz CT molecular complexity index is 727. The summed E-state index contributed by atoms with van der Waals surface area (Å²) in [6.45, 7) is 5.14. The first-order valence-electron chi connectivity index (χ1n) is 8.41. The van der Waals surface area contributed by atoms with Crippen LogP contribution in [0, 0.1) is 17.2 Å². The van der Waals surface area contributed by atoms with Crippen molar-refractivity contribution in [2.24, 2.45) is 5.92 Å². The van der Waals surface area contributed by atoms with Crippen molar-refractivity contribution in [2.45, 2.75) is 46.1 Å². The summed E-state index contributed by atoms with van der Waals surface area (Å²) in [5.41, 5.74) is 5.70. The number of anilines is 1. The van der Waals surface area contributed by atoms with Crippen molar-refractivity contribution in [3.05, 3.63) is 58.3 Å². The van der Waals surface area contributed by atoms with Gasteiger partial charge in [-0.25, -0.2) is 4.98 Å². The number of pyridine rings is 1. The van der Waals surface area contributed by atoms with Crippen molar-refractivity contribution in [1.29, 1.82) is 5.26 Å². The Kier molecular flexibility index (Phi) is 4.62. The van der Waals surface area contributed by atoms with Gasteiger partial charge in [0.05, 0.1) is 5.56 Å². The molecule has 2 aromatic rings. The predicted molar refractivity (Wildman–Crippen MR) is 93.3 cm³/mol. The largest absolute Gasteiger partial charge is 0.365 e. The van der Waals surface area contributed by atoms with Gasteiger partial charge in [-0.15, -0.1) is 0 Å². The van der Waals surface area contributed by atoms with Crippen LogP contribution in [-0.2, 0) is 25.8 Å². The van der Waals surface area contributed by atoms with E-state index in [2.05, 4.69) is 37.4 Å². The smallest absolute Gasteiger partial charge is 0.144 e. The monoisotopic (exact) mass is 305 g/mol. The van der Waals surface area contributed by atoms with E-state index in [4.69, 9.17) is 4.98 Å². The van der Waals surface area contributed by atoms with Crippen molar-refractivity contribution in [2.75, 3.05) is 5.32 Å². The Morgan fingerprint density at radius 3 is 2.61 bits per heavy atom. The van der Waals surface area contributed by atoms with E-state index < -0.39 is 0 Å². The van der Waals surface area contributed by atoms with Crippen LogP contribution in [-0.4, -0.2) is 4.98 Å². The second-order valence-electron chi connectivity index (χ2n) is 6.64. The molecule has 1 heterocycles. The first-order chi connectivity index (χ1) is 11.2. The number of nitrogens with one attached hydrogen (secondary N) is 1. The van der Waals surface area contributed by atoms with Crippen molar-refractivity contribution < 1.29 is 0 Å². The second-order valence-corrected chi connectivity index (χ2v) is 6.64. The fraction of sp³-hybridized carbons (Fsp3) is 0.400. The SMILES string of the molecule is CC(C)Cc1nc(NCc2ccccc2)c(C#N)c2c1CCC2. The molecule has 1 aliphatic rings. The van der Waals surface area contributed by atoms with Gasteiger partial charge in [-0.1, -0.05) is 44.2 Å². The fourth-order valence-electron chi connectivity index (χ4n) is 3.32. The Hall–Kier alpha value is -2.34. The maximum absolute atomic E-state index is 9.62. The van der Waals surface area contributed by atoms with Crippen LogP contribution >= 0.6 is 0 Å². The third-order valence-corrected chi connectivity index (χ3v) is 4.37. The third kappa shape index (κ3) is 3.37. The highest BCUT2D eigenvalue weighted by Crippen LogP contribution is 2.32. The topological polar surface area (TPSA) is 48.7 Å².